The fourth-order valence-electron chi connectivity index (χ4n) is 1.20. The molecule has 0 heterocycles. The Morgan fingerprint density at radius 3 is 2.56 bits per heavy atom. The van der Waals surface area contributed by atoms with Crippen molar-refractivity contribution >= 4 is 11.7 Å². The van der Waals surface area contributed by atoms with Crippen molar-refractivity contribution in [3.8, 4) is 0 Å². The second-order valence-corrected chi connectivity index (χ2v) is 3.30. The van der Waals surface area contributed by atoms with Gasteiger partial charge in [0.1, 0.15) is 5.84 Å². The van der Waals surface area contributed by atoms with E-state index in [1.807, 2.05) is 30.3 Å². The fraction of sp³-hybridized carbons (Fsp3) is 0.167. The van der Waals surface area contributed by atoms with E-state index in [0.717, 1.165) is 5.56 Å². The molecule has 4 heteroatoms. The SMILES string of the molecule is C=C(N/C(Cc1ccccc1)=N\C)C(N)=O. The quantitative estimate of drug-likeness (QED) is 0.446. The van der Waals surface area contributed by atoms with E-state index < -0.39 is 5.91 Å². The van der Waals surface area contributed by atoms with E-state index in [1.54, 1.807) is 7.05 Å². The number of hydrogen-bond donors (Lipinski definition) is 2. The van der Waals surface area contributed by atoms with Gasteiger partial charge >= 0.3 is 0 Å². The van der Waals surface area contributed by atoms with Crippen molar-refractivity contribution in [3.05, 3.63) is 48.2 Å². The van der Waals surface area contributed by atoms with Gasteiger partial charge in [-0.3, -0.25) is 9.79 Å². The molecule has 0 spiro atoms. The van der Waals surface area contributed by atoms with Gasteiger partial charge < -0.3 is 11.1 Å². The Hall–Kier alpha value is -2.10. The van der Waals surface area contributed by atoms with Gasteiger partial charge in [0.25, 0.3) is 5.91 Å². The Labute approximate surface area is 94.9 Å². The number of carbonyl (C=O) groups excluding carboxylic acids is 1. The topological polar surface area (TPSA) is 67.5 Å². The lowest BCUT2D eigenvalue weighted by molar-refractivity contribution is -0.114. The van der Waals surface area contributed by atoms with E-state index in [9.17, 15) is 4.79 Å². The van der Waals surface area contributed by atoms with Crippen LogP contribution in [0.5, 0.6) is 0 Å². The molecule has 1 rings (SSSR count). The first-order valence-electron chi connectivity index (χ1n) is 4.88. The molecule has 0 radical (unpaired) electrons. The number of nitrogens with one attached hydrogen (secondary N) is 1. The zero-order valence-corrected chi connectivity index (χ0v) is 9.23. The van der Waals surface area contributed by atoms with Gasteiger partial charge in [-0.25, -0.2) is 0 Å². The molecule has 0 aliphatic heterocycles. The van der Waals surface area contributed by atoms with Crippen molar-refractivity contribution in [2.45, 2.75) is 6.42 Å². The number of nitrogens with two attached hydrogens (primary N) is 1. The monoisotopic (exact) mass is 217 g/mol. The van der Waals surface area contributed by atoms with Crippen molar-refractivity contribution < 1.29 is 4.79 Å². The van der Waals surface area contributed by atoms with Gasteiger partial charge in [0.15, 0.2) is 0 Å². The van der Waals surface area contributed by atoms with Gasteiger partial charge in [0.05, 0.1) is 5.70 Å². The molecule has 0 saturated heterocycles. The molecule has 16 heavy (non-hydrogen) atoms. The van der Waals surface area contributed by atoms with Gasteiger partial charge in [-0.05, 0) is 5.56 Å². The predicted molar refractivity (Wildman–Crippen MR) is 65.0 cm³/mol. The summed E-state index contributed by atoms with van der Waals surface area (Å²) in [4.78, 5) is 14.9. The predicted octanol–water partition coefficient (Wildman–Crippen LogP) is 0.846. The van der Waals surface area contributed by atoms with Crippen LogP contribution in [0, 0.1) is 0 Å². The maximum atomic E-state index is 10.8. The summed E-state index contributed by atoms with van der Waals surface area (Å²) < 4.78 is 0. The molecule has 0 atom stereocenters. The molecule has 0 aliphatic carbocycles. The normalized spacial score (nSPS) is 10.9. The number of rotatable bonds is 4. The second-order valence-electron chi connectivity index (χ2n) is 3.30. The van der Waals surface area contributed by atoms with Crippen LogP contribution in [0.1, 0.15) is 5.56 Å². The lowest BCUT2D eigenvalue weighted by Crippen LogP contribution is -2.31. The Morgan fingerprint density at radius 1 is 1.44 bits per heavy atom. The number of carbonyl (C=O) groups is 1. The summed E-state index contributed by atoms with van der Waals surface area (Å²) in [6.07, 6.45) is 0.615. The highest BCUT2D eigenvalue weighted by Crippen LogP contribution is 2.00. The van der Waals surface area contributed by atoms with Crippen LogP contribution in [0.25, 0.3) is 0 Å². The molecule has 0 fully saturated rings. The summed E-state index contributed by atoms with van der Waals surface area (Å²) in [7, 11) is 1.65. The van der Waals surface area contributed by atoms with Crippen molar-refractivity contribution in [1.29, 1.82) is 0 Å². The summed E-state index contributed by atoms with van der Waals surface area (Å²) in [6.45, 7) is 3.52. The summed E-state index contributed by atoms with van der Waals surface area (Å²) in [6, 6.07) is 9.82. The largest absolute Gasteiger partial charge is 0.364 e. The summed E-state index contributed by atoms with van der Waals surface area (Å²) >= 11 is 0. The molecule has 0 unspecified atom stereocenters. The average molecular weight is 217 g/mol. The van der Waals surface area contributed by atoms with Gasteiger partial charge in [0.2, 0.25) is 0 Å². The first-order chi connectivity index (χ1) is 7.63. The van der Waals surface area contributed by atoms with E-state index in [4.69, 9.17) is 5.73 Å². The third-order valence-corrected chi connectivity index (χ3v) is 2.08. The molecule has 0 bridgehead atoms. The van der Waals surface area contributed by atoms with E-state index in [-0.39, 0.29) is 5.70 Å². The van der Waals surface area contributed by atoms with Crippen LogP contribution < -0.4 is 11.1 Å². The number of amides is 1. The van der Waals surface area contributed by atoms with Crippen molar-refractivity contribution in [1.82, 2.24) is 5.32 Å². The van der Waals surface area contributed by atoms with Gasteiger partial charge in [-0.15, -0.1) is 0 Å². The van der Waals surface area contributed by atoms with Crippen LogP contribution >= 0.6 is 0 Å². The molecule has 3 N–H and O–H groups in total. The van der Waals surface area contributed by atoms with Crippen LogP contribution in [0.2, 0.25) is 0 Å². The number of aliphatic imine (C=N–C) groups is 1. The molecular formula is C12H15N3O. The zero-order chi connectivity index (χ0) is 12.0. The first kappa shape index (κ1) is 12.0. The molecular weight excluding hydrogens is 202 g/mol. The Morgan fingerprint density at radius 2 is 2.06 bits per heavy atom. The minimum atomic E-state index is -0.575. The van der Waals surface area contributed by atoms with Crippen LogP contribution in [-0.4, -0.2) is 18.8 Å². The van der Waals surface area contributed by atoms with Crippen molar-refractivity contribution in [2.75, 3.05) is 7.05 Å². The second kappa shape index (κ2) is 5.70. The van der Waals surface area contributed by atoms with Crippen molar-refractivity contribution in [2.24, 2.45) is 10.7 Å². The van der Waals surface area contributed by atoms with Gasteiger partial charge in [-0.2, -0.15) is 0 Å². The van der Waals surface area contributed by atoms with E-state index in [1.165, 1.54) is 0 Å². The lowest BCUT2D eigenvalue weighted by Gasteiger charge is -2.09. The highest BCUT2D eigenvalue weighted by Gasteiger charge is 2.05. The molecule has 1 amide bonds. The zero-order valence-electron chi connectivity index (χ0n) is 9.23. The molecule has 0 saturated carbocycles. The standard InChI is InChI=1S/C12H15N3O/c1-9(12(13)16)15-11(14-2)8-10-6-4-3-5-7-10/h3-7H,1,8H2,2H3,(H2,13,16)(H,14,15). The number of hydrogen-bond acceptors (Lipinski definition) is 2. The van der Waals surface area contributed by atoms with E-state index in [2.05, 4.69) is 16.9 Å². The number of primary amides is 1. The molecule has 84 valence electrons. The average Bonchev–Trinajstić information content (AvgIpc) is 2.29. The number of benzene rings is 1. The maximum absolute atomic E-state index is 10.8. The van der Waals surface area contributed by atoms with E-state index >= 15 is 0 Å². The number of nitrogens with zero attached hydrogens (tertiary/aromatic N) is 1. The van der Waals surface area contributed by atoms with Gasteiger partial charge in [-0.1, -0.05) is 36.9 Å². The Balaban J connectivity index is 2.64. The van der Waals surface area contributed by atoms with E-state index in [0.29, 0.717) is 12.3 Å². The van der Waals surface area contributed by atoms with Crippen LogP contribution in [-0.2, 0) is 11.2 Å². The fourth-order valence-corrected chi connectivity index (χ4v) is 1.20. The lowest BCUT2D eigenvalue weighted by atomic mass is 10.1. The summed E-state index contributed by atoms with van der Waals surface area (Å²) in [5.74, 6) is 0.0872. The maximum Gasteiger partial charge on any atom is 0.264 e. The van der Waals surface area contributed by atoms with Crippen LogP contribution in [0.3, 0.4) is 0 Å². The highest BCUT2D eigenvalue weighted by molar-refractivity contribution is 5.97. The number of amidine groups is 1. The van der Waals surface area contributed by atoms with Crippen molar-refractivity contribution in [3.63, 3.8) is 0 Å². The summed E-state index contributed by atoms with van der Waals surface area (Å²) in [5, 5.41) is 2.80. The molecule has 1 aromatic carbocycles. The third-order valence-electron chi connectivity index (χ3n) is 2.08. The van der Waals surface area contributed by atoms with Gasteiger partial charge in [0, 0.05) is 13.5 Å². The molecule has 1 aromatic rings. The van der Waals surface area contributed by atoms with Crippen LogP contribution in [0.4, 0.5) is 0 Å². The molecule has 4 nitrogen and oxygen atoms in total. The third kappa shape index (κ3) is 3.57. The minimum Gasteiger partial charge on any atom is -0.364 e. The molecule has 0 aromatic heterocycles. The Kier molecular flexibility index (Phi) is 4.27. The minimum absolute atomic E-state index is 0.150. The smallest absolute Gasteiger partial charge is 0.264 e. The van der Waals surface area contributed by atoms with Crippen LogP contribution in [0.15, 0.2) is 47.6 Å². The highest BCUT2D eigenvalue weighted by atomic mass is 16.1. The first-order valence-corrected chi connectivity index (χ1v) is 4.88. The summed E-state index contributed by atoms with van der Waals surface area (Å²) in [5.41, 5.74) is 6.33. The molecule has 0 aliphatic rings. The Bertz CT molecular complexity index is 410.